The summed E-state index contributed by atoms with van der Waals surface area (Å²) in [6.45, 7) is 0. The fourth-order valence-electron chi connectivity index (χ4n) is 1.66. The molecule has 65 valence electrons. The number of hydrogen-bond donors (Lipinski definition) is 0. The first-order chi connectivity index (χ1) is 6.95. The topological polar surface area (TPSA) is 25.8 Å². The third-order valence-electron chi connectivity index (χ3n) is 2.35. The van der Waals surface area contributed by atoms with Crippen molar-refractivity contribution in [1.29, 1.82) is 0 Å². The molecule has 0 unspecified atom stereocenters. The molecule has 3 aromatic rings. The van der Waals surface area contributed by atoms with Crippen molar-refractivity contribution in [1.82, 2.24) is 9.97 Å². The predicted octanol–water partition coefficient (Wildman–Crippen LogP) is 2.58. The number of hydrogen-bond acceptors (Lipinski definition) is 2. The highest BCUT2D eigenvalue weighted by Gasteiger charge is 1.98. The molecule has 1 radical (unpaired) electrons. The zero-order valence-corrected chi connectivity index (χ0v) is 7.44. The summed E-state index contributed by atoms with van der Waals surface area (Å²) < 4.78 is 0. The fourth-order valence-corrected chi connectivity index (χ4v) is 1.66. The maximum atomic E-state index is 4.12. The fraction of sp³-hybridized carbons (Fsp3) is 0. The second-order valence-electron chi connectivity index (χ2n) is 3.17. The Kier molecular flexibility index (Phi) is 1.47. The van der Waals surface area contributed by atoms with Crippen molar-refractivity contribution in [3.8, 4) is 0 Å². The van der Waals surface area contributed by atoms with Gasteiger partial charge in [0.2, 0.25) is 0 Å². The van der Waals surface area contributed by atoms with Crippen molar-refractivity contribution in [2.45, 2.75) is 0 Å². The lowest BCUT2D eigenvalue weighted by Gasteiger charge is -2.00. The van der Waals surface area contributed by atoms with Crippen LogP contribution in [-0.2, 0) is 0 Å². The first kappa shape index (κ1) is 7.44. The van der Waals surface area contributed by atoms with E-state index in [1.54, 1.807) is 12.4 Å². The minimum atomic E-state index is 1.10. The first-order valence-corrected chi connectivity index (χ1v) is 4.43. The van der Waals surface area contributed by atoms with Crippen molar-refractivity contribution in [2.75, 3.05) is 0 Å². The van der Waals surface area contributed by atoms with E-state index in [9.17, 15) is 0 Å². The summed E-state index contributed by atoms with van der Waals surface area (Å²) in [6.07, 6.45) is 7.30. The van der Waals surface area contributed by atoms with Gasteiger partial charge in [0.1, 0.15) is 0 Å². The average Bonchev–Trinajstić information content (AvgIpc) is 2.29. The number of benzene rings is 1. The molecule has 1 aromatic carbocycles. The van der Waals surface area contributed by atoms with Gasteiger partial charge < -0.3 is 0 Å². The Morgan fingerprint density at radius 1 is 0.929 bits per heavy atom. The lowest BCUT2D eigenvalue weighted by molar-refractivity contribution is 1.35. The van der Waals surface area contributed by atoms with Crippen molar-refractivity contribution in [2.24, 2.45) is 0 Å². The van der Waals surface area contributed by atoms with Crippen LogP contribution < -0.4 is 0 Å². The van der Waals surface area contributed by atoms with E-state index in [0.29, 0.717) is 0 Å². The van der Waals surface area contributed by atoms with Crippen LogP contribution in [0.15, 0.2) is 43.0 Å². The van der Waals surface area contributed by atoms with E-state index in [-0.39, 0.29) is 0 Å². The molecule has 0 saturated carbocycles. The molecule has 0 N–H and O–H groups in total. The van der Waals surface area contributed by atoms with Gasteiger partial charge in [-0.25, -0.2) is 0 Å². The highest BCUT2D eigenvalue weighted by atomic mass is 14.6. The molecule has 0 aliphatic rings. The molecule has 0 spiro atoms. The Balaban J connectivity index is 2.61. The van der Waals surface area contributed by atoms with E-state index in [4.69, 9.17) is 0 Å². The summed E-state index contributed by atoms with van der Waals surface area (Å²) in [5.41, 5.74) is 0. The van der Waals surface area contributed by atoms with Gasteiger partial charge in [0.15, 0.2) is 0 Å². The Hall–Kier alpha value is -1.96. The molecule has 0 aliphatic heterocycles. The van der Waals surface area contributed by atoms with Gasteiger partial charge in [-0.2, -0.15) is 0 Å². The van der Waals surface area contributed by atoms with Gasteiger partial charge in [0, 0.05) is 35.6 Å². The molecule has 0 amide bonds. The Labute approximate surface area is 81.2 Å². The molecule has 0 bridgehead atoms. The van der Waals surface area contributed by atoms with E-state index < -0.39 is 0 Å². The minimum absolute atomic E-state index is 1.10. The van der Waals surface area contributed by atoms with Crippen LogP contribution in [-0.4, -0.2) is 9.97 Å². The van der Waals surface area contributed by atoms with E-state index in [0.717, 1.165) is 16.2 Å². The summed E-state index contributed by atoms with van der Waals surface area (Å²) in [6, 6.07) is 9.15. The van der Waals surface area contributed by atoms with Gasteiger partial charge in [-0.1, -0.05) is 0 Å². The van der Waals surface area contributed by atoms with Gasteiger partial charge >= 0.3 is 0 Å². The van der Waals surface area contributed by atoms with E-state index >= 15 is 0 Å². The normalized spacial score (nSPS) is 10.9. The molecule has 2 heteroatoms. The Morgan fingerprint density at radius 2 is 1.79 bits per heavy atom. The number of rotatable bonds is 0. The number of aromatic nitrogens is 2. The summed E-state index contributed by atoms with van der Waals surface area (Å²) in [5, 5.41) is 4.51. The van der Waals surface area contributed by atoms with E-state index in [1.807, 2.05) is 30.6 Å². The maximum Gasteiger partial charge on any atom is 0.0352 e. The molecular weight excluding hydrogens is 172 g/mol. The molecule has 2 heterocycles. The summed E-state index contributed by atoms with van der Waals surface area (Å²) >= 11 is 0. The number of pyridine rings is 2. The SMILES string of the molecule is [c]1cc2cnccc2c2cnccc12. The predicted molar refractivity (Wildman–Crippen MR) is 55.9 cm³/mol. The smallest absolute Gasteiger partial charge is 0.0352 e. The standard InChI is InChI=1S/C12H7N2/c1-2-10-7-13-6-4-11(10)12-8-14-5-3-9(1)12/h2-8H. The van der Waals surface area contributed by atoms with Crippen LogP contribution in [0.2, 0.25) is 0 Å². The first-order valence-electron chi connectivity index (χ1n) is 4.43. The summed E-state index contributed by atoms with van der Waals surface area (Å²) in [7, 11) is 0. The van der Waals surface area contributed by atoms with E-state index in [2.05, 4.69) is 16.0 Å². The molecule has 0 saturated heterocycles. The third-order valence-corrected chi connectivity index (χ3v) is 2.35. The lowest BCUT2D eigenvalue weighted by Crippen LogP contribution is -1.80. The minimum Gasteiger partial charge on any atom is -0.264 e. The highest BCUT2D eigenvalue weighted by Crippen LogP contribution is 2.22. The van der Waals surface area contributed by atoms with Gasteiger partial charge in [0.05, 0.1) is 0 Å². The quantitative estimate of drug-likeness (QED) is 0.496. The molecular formula is C12H7N2. The summed E-state index contributed by atoms with van der Waals surface area (Å²) in [4.78, 5) is 8.20. The van der Waals surface area contributed by atoms with Gasteiger partial charge in [-0.3, -0.25) is 9.97 Å². The van der Waals surface area contributed by atoms with Crippen LogP contribution in [0.25, 0.3) is 21.5 Å². The number of nitrogens with zero attached hydrogens (tertiary/aromatic N) is 2. The zero-order chi connectivity index (χ0) is 9.38. The maximum absolute atomic E-state index is 4.12. The average molecular weight is 179 g/mol. The molecule has 2 nitrogen and oxygen atoms in total. The highest BCUT2D eigenvalue weighted by molar-refractivity contribution is 6.06. The Morgan fingerprint density at radius 3 is 2.79 bits per heavy atom. The van der Waals surface area contributed by atoms with Gasteiger partial charge in [-0.05, 0) is 35.0 Å². The second-order valence-corrected chi connectivity index (χ2v) is 3.17. The van der Waals surface area contributed by atoms with E-state index in [1.165, 1.54) is 5.39 Å². The van der Waals surface area contributed by atoms with Crippen LogP contribution in [0.3, 0.4) is 0 Å². The van der Waals surface area contributed by atoms with Crippen LogP contribution in [0.4, 0.5) is 0 Å². The zero-order valence-electron chi connectivity index (χ0n) is 7.44. The molecule has 0 fully saturated rings. The van der Waals surface area contributed by atoms with Crippen LogP contribution in [0.5, 0.6) is 0 Å². The van der Waals surface area contributed by atoms with Crippen LogP contribution in [0, 0.1) is 6.07 Å². The van der Waals surface area contributed by atoms with Crippen molar-refractivity contribution >= 4 is 21.5 Å². The van der Waals surface area contributed by atoms with Crippen molar-refractivity contribution in [3.05, 3.63) is 49.1 Å². The third kappa shape index (κ3) is 0.973. The Bertz CT molecular complexity index is 547. The van der Waals surface area contributed by atoms with Crippen molar-refractivity contribution in [3.63, 3.8) is 0 Å². The van der Waals surface area contributed by atoms with Crippen LogP contribution in [0.1, 0.15) is 0 Å². The lowest BCUT2D eigenvalue weighted by atomic mass is 10.1. The van der Waals surface area contributed by atoms with Crippen LogP contribution >= 0.6 is 0 Å². The van der Waals surface area contributed by atoms with Gasteiger partial charge in [-0.15, -0.1) is 0 Å². The number of fused-ring (bicyclic) bond motifs is 3. The monoisotopic (exact) mass is 179 g/mol. The molecule has 14 heavy (non-hydrogen) atoms. The van der Waals surface area contributed by atoms with Crippen molar-refractivity contribution < 1.29 is 0 Å². The largest absolute Gasteiger partial charge is 0.264 e. The molecule has 0 aliphatic carbocycles. The van der Waals surface area contributed by atoms with Gasteiger partial charge in [0.25, 0.3) is 0 Å². The molecule has 2 aromatic heterocycles. The molecule has 3 rings (SSSR count). The second kappa shape index (κ2) is 2.77. The molecule has 0 atom stereocenters. The summed E-state index contributed by atoms with van der Waals surface area (Å²) in [5.74, 6) is 0.